The number of H-pyrrole nitrogens is 1. The van der Waals surface area contributed by atoms with E-state index in [0.29, 0.717) is 12.0 Å². The molecule has 0 bridgehead atoms. The molecule has 0 amide bonds. The molecule has 0 fully saturated rings. The zero-order chi connectivity index (χ0) is 19.3. The van der Waals surface area contributed by atoms with E-state index >= 15 is 0 Å². The molecule has 4 nitrogen and oxygen atoms in total. The van der Waals surface area contributed by atoms with Gasteiger partial charge in [-0.25, -0.2) is 0 Å². The fraction of sp³-hybridized carbons (Fsp3) is 0.391. The summed E-state index contributed by atoms with van der Waals surface area (Å²) in [5, 5.41) is 12.7. The molecular weight excluding hydrogens is 336 g/mol. The molecule has 0 saturated carbocycles. The number of aryl methyl sites for hydroxylation is 1. The smallest absolute Gasteiger partial charge is 0.181 e. The third-order valence-electron chi connectivity index (χ3n) is 5.70. The van der Waals surface area contributed by atoms with Gasteiger partial charge in [-0.05, 0) is 66.7 Å². The van der Waals surface area contributed by atoms with Crippen molar-refractivity contribution in [3.05, 3.63) is 58.3 Å². The van der Waals surface area contributed by atoms with Crippen LogP contribution < -0.4 is 0 Å². The van der Waals surface area contributed by atoms with Crippen LogP contribution >= 0.6 is 0 Å². The van der Waals surface area contributed by atoms with Gasteiger partial charge in [-0.1, -0.05) is 26.0 Å². The second kappa shape index (κ2) is 6.31. The van der Waals surface area contributed by atoms with Crippen molar-refractivity contribution in [1.82, 2.24) is 4.98 Å². The van der Waals surface area contributed by atoms with E-state index in [4.69, 9.17) is 4.99 Å². The van der Waals surface area contributed by atoms with E-state index in [0.717, 1.165) is 35.5 Å². The molecule has 2 aliphatic rings. The van der Waals surface area contributed by atoms with Gasteiger partial charge in [0.1, 0.15) is 5.60 Å². The maximum absolute atomic E-state index is 12.1. The number of benzene rings is 1. The monoisotopic (exact) mass is 362 g/mol. The number of carbonyl (C=O) groups is 1. The van der Waals surface area contributed by atoms with E-state index in [1.54, 1.807) is 19.1 Å². The van der Waals surface area contributed by atoms with E-state index in [2.05, 4.69) is 30.1 Å². The highest BCUT2D eigenvalue weighted by Gasteiger charge is 2.38. The Balaban J connectivity index is 1.77. The molecule has 2 N–H and O–H groups in total. The predicted octanol–water partition coefficient (Wildman–Crippen LogP) is 4.05. The summed E-state index contributed by atoms with van der Waals surface area (Å²) in [6.07, 6.45) is 4.61. The first-order valence-corrected chi connectivity index (χ1v) is 9.61. The highest BCUT2D eigenvalue weighted by atomic mass is 16.3. The fourth-order valence-electron chi connectivity index (χ4n) is 4.37. The summed E-state index contributed by atoms with van der Waals surface area (Å²) >= 11 is 0. The Morgan fingerprint density at radius 1 is 1.30 bits per heavy atom. The van der Waals surface area contributed by atoms with Crippen LogP contribution in [0.3, 0.4) is 0 Å². The highest BCUT2D eigenvalue weighted by molar-refractivity contribution is 6.09. The molecule has 0 radical (unpaired) electrons. The number of nitrogens with one attached hydrogen (secondary N) is 1. The Labute approximate surface area is 159 Å². The van der Waals surface area contributed by atoms with E-state index in [1.807, 2.05) is 13.8 Å². The largest absolute Gasteiger partial charge is 0.381 e. The first-order valence-electron chi connectivity index (χ1n) is 9.61. The summed E-state index contributed by atoms with van der Waals surface area (Å²) in [5.41, 5.74) is 5.71. The summed E-state index contributed by atoms with van der Waals surface area (Å²) in [7, 11) is 0. The molecule has 1 aromatic carbocycles. The number of allylic oxidation sites excluding steroid dienone is 2. The maximum atomic E-state index is 12.1. The number of nitrogens with zero attached hydrogens (tertiary/aromatic N) is 1. The highest BCUT2D eigenvalue weighted by Crippen LogP contribution is 2.37. The zero-order valence-corrected chi connectivity index (χ0v) is 16.4. The van der Waals surface area contributed by atoms with Crippen molar-refractivity contribution in [3.63, 3.8) is 0 Å². The van der Waals surface area contributed by atoms with Gasteiger partial charge in [-0.3, -0.25) is 9.79 Å². The lowest BCUT2D eigenvalue weighted by atomic mass is 9.76. The standard InChI is InChI=1S/C23H26N2O2/c1-13(2)18-10-21(26)15(4)11-23(18,27)12-20-22-17(7-8-24-20)16-6-5-14(3)9-19(16)25-22/h5-6,9-11,13,25,27H,7-8,12H2,1-4H3. The van der Waals surface area contributed by atoms with Gasteiger partial charge < -0.3 is 10.1 Å². The van der Waals surface area contributed by atoms with Gasteiger partial charge in [0.25, 0.3) is 0 Å². The predicted molar refractivity (Wildman–Crippen MR) is 109 cm³/mol. The average molecular weight is 362 g/mol. The van der Waals surface area contributed by atoms with Crippen LogP contribution in [0.5, 0.6) is 0 Å². The summed E-state index contributed by atoms with van der Waals surface area (Å²) in [6.45, 7) is 8.60. The second-order valence-electron chi connectivity index (χ2n) is 8.15. The molecular formula is C23H26N2O2. The number of aliphatic hydroxyl groups is 1. The van der Waals surface area contributed by atoms with E-state index in [9.17, 15) is 9.90 Å². The van der Waals surface area contributed by atoms with Crippen LogP contribution in [0.25, 0.3) is 10.9 Å². The molecule has 27 heavy (non-hydrogen) atoms. The Morgan fingerprint density at radius 2 is 2.07 bits per heavy atom. The van der Waals surface area contributed by atoms with Crippen LogP contribution in [0.4, 0.5) is 0 Å². The molecule has 0 spiro atoms. The number of hydrogen-bond acceptors (Lipinski definition) is 3. The minimum Gasteiger partial charge on any atom is -0.381 e. The number of aromatic nitrogens is 1. The molecule has 1 aliphatic heterocycles. The summed E-state index contributed by atoms with van der Waals surface area (Å²) in [5.74, 6) is 0.0630. The van der Waals surface area contributed by atoms with Crippen LogP contribution in [0.1, 0.15) is 44.0 Å². The first kappa shape index (κ1) is 17.9. The number of aliphatic imine (C=N–C) groups is 1. The van der Waals surface area contributed by atoms with Gasteiger partial charge in [0.2, 0.25) is 0 Å². The molecule has 2 heterocycles. The Bertz CT molecular complexity index is 1040. The molecule has 140 valence electrons. The SMILES string of the molecule is CC1=CC(O)(CC2=NCCc3c2[nH]c2cc(C)ccc32)C(C(C)C)=CC1=O. The van der Waals surface area contributed by atoms with Crippen LogP contribution in [-0.4, -0.2) is 33.7 Å². The van der Waals surface area contributed by atoms with Crippen LogP contribution in [0, 0.1) is 12.8 Å². The van der Waals surface area contributed by atoms with Crippen molar-refractivity contribution in [2.75, 3.05) is 6.54 Å². The second-order valence-corrected chi connectivity index (χ2v) is 8.15. The van der Waals surface area contributed by atoms with Gasteiger partial charge in [0.15, 0.2) is 5.78 Å². The average Bonchev–Trinajstić information content (AvgIpc) is 2.96. The van der Waals surface area contributed by atoms with Crippen LogP contribution in [0.15, 0.2) is 46.5 Å². The molecule has 2 aromatic rings. The van der Waals surface area contributed by atoms with E-state index < -0.39 is 5.60 Å². The van der Waals surface area contributed by atoms with Gasteiger partial charge in [-0.2, -0.15) is 0 Å². The van der Waals surface area contributed by atoms with Crippen molar-refractivity contribution < 1.29 is 9.90 Å². The van der Waals surface area contributed by atoms with Gasteiger partial charge in [-0.15, -0.1) is 0 Å². The normalized spacial score (nSPS) is 22.6. The van der Waals surface area contributed by atoms with Crippen molar-refractivity contribution in [2.45, 2.75) is 46.1 Å². The van der Waals surface area contributed by atoms with E-state index in [1.165, 1.54) is 16.5 Å². The van der Waals surface area contributed by atoms with Crippen molar-refractivity contribution in [1.29, 1.82) is 0 Å². The van der Waals surface area contributed by atoms with Crippen LogP contribution in [-0.2, 0) is 11.2 Å². The molecule has 4 heteroatoms. The third-order valence-corrected chi connectivity index (χ3v) is 5.70. The topological polar surface area (TPSA) is 65.5 Å². The lowest BCUT2D eigenvalue weighted by Gasteiger charge is -2.34. The van der Waals surface area contributed by atoms with Crippen LogP contribution in [0.2, 0.25) is 0 Å². The number of hydrogen-bond donors (Lipinski definition) is 2. The number of fused-ring (bicyclic) bond motifs is 3. The minimum atomic E-state index is -1.17. The number of ketones is 1. The zero-order valence-electron chi connectivity index (χ0n) is 16.4. The maximum Gasteiger partial charge on any atom is 0.181 e. The van der Waals surface area contributed by atoms with Crippen molar-refractivity contribution in [2.24, 2.45) is 10.9 Å². The number of carbonyl (C=O) groups excluding carboxylic acids is 1. The summed E-state index contributed by atoms with van der Waals surface area (Å²) in [6, 6.07) is 6.46. The lowest BCUT2D eigenvalue weighted by molar-refractivity contribution is -0.111. The van der Waals surface area contributed by atoms with E-state index in [-0.39, 0.29) is 11.7 Å². The third kappa shape index (κ3) is 2.98. The minimum absolute atomic E-state index is 0.0178. The Hall–Kier alpha value is -2.46. The van der Waals surface area contributed by atoms with Crippen molar-refractivity contribution >= 4 is 22.4 Å². The number of aromatic amines is 1. The van der Waals surface area contributed by atoms with Crippen molar-refractivity contribution in [3.8, 4) is 0 Å². The Morgan fingerprint density at radius 3 is 2.81 bits per heavy atom. The lowest BCUT2D eigenvalue weighted by Crippen LogP contribution is -2.38. The number of rotatable bonds is 3. The summed E-state index contributed by atoms with van der Waals surface area (Å²) < 4.78 is 0. The fourth-order valence-corrected chi connectivity index (χ4v) is 4.37. The van der Waals surface area contributed by atoms with Gasteiger partial charge in [0.05, 0.1) is 11.4 Å². The molecule has 0 saturated heterocycles. The van der Waals surface area contributed by atoms with Gasteiger partial charge >= 0.3 is 0 Å². The summed E-state index contributed by atoms with van der Waals surface area (Å²) in [4.78, 5) is 20.4. The molecule has 1 atom stereocenters. The first-order chi connectivity index (χ1) is 12.8. The molecule has 1 unspecified atom stereocenters. The molecule has 1 aliphatic carbocycles. The Kier molecular flexibility index (Phi) is 4.19. The molecule has 4 rings (SSSR count). The quantitative estimate of drug-likeness (QED) is 0.865. The van der Waals surface area contributed by atoms with Gasteiger partial charge in [0, 0.05) is 23.9 Å². The molecule has 1 aromatic heterocycles.